The van der Waals surface area contributed by atoms with Crippen LogP contribution in [0, 0.1) is 0 Å². The second-order valence-electron chi connectivity index (χ2n) is 4.52. The number of likely N-dealkylation sites (N-methyl/N-ethyl adjacent to an activating group) is 1. The summed E-state index contributed by atoms with van der Waals surface area (Å²) >= 11 is 0. The Labute approximate surface area is 95.1 Å². The van der Waals surface area contributed by atoms with Crippen LogP contribution < -0.4 is 10.6 Å². The molecule has 0 radical (unpaired) electrons. The van der Waals surface area contributed by atoms with Crippen molar-refractivity contribution in [1.29, 1.82) is 0 Å². The summed E-state index contributed by atoms with van der Waals surface area (Å²) in [5.74, 6) is 0. The third-order valence-electron chi connectivity index (χ3n) is 2.74. The summed E-state index contributed by atoms with van der Waals surface area (Å²) in [7, 11) is 1.96. The molecule has 16 heavy (non-hydrogen) atoms. The summed E-state index contributed by atoms with van der Waals surface area (Å²) in [6, 6.07) is 5.93. The number of hydrogen-bond acceptors (Lipinski definition) is 4. The highest BCUT2D eigenvalue weighted by Crippen LogP contribution is 2.18. The van der Waals surface area contributed by atoms with Crippen molar-refractivity contribution >= 4 is 16.8 Å². The average molecular weight is 219 g/mol. The molecule has 0 aliphatic rings. The lowest BCUT2D eigenvalue weighted by Crippen LogP contribution is -2.42. The zero-order chi connectivity index (χ0) is 11.6. The molecule has 0 atom stereocenters. The quantitative estimate of drug-likeness (QED) is 0.828. The number of hydrogen-bond donors (Lipinski definition) is 2. The molecule has 0 bridgehead atoms. The second-order valence-corrected chi connectivity index (χ2v) is 4.52. The largest absolute Gasteiger partial charge is 0.443 e. The first kappa shape index (κ1) is 11.0. The molecule has 0 spiro atoms. The third-order valence-corrected chi connectivity index (χ3v) is 2.74. The lowest BCUT2D eigenvalue weighted by molar-refractivity contribution is 0.448. The van der Waals surface area contributed by atoms with Gasteiger partial charge in [-0.3, -0.25) is 0 Å². The van der Waals surface area contributed by atoms with Crippen LogP contribution in [0.15, 0.2) is 29.0 Å². The van der Waals surface area contributed by atoms with Gasteiger partial charge in [0.1, 0.15) is 5.52 Å². The molecule has 0 unspecified atom stereocenters. The Morgan fingerprint density at radius 3 is 2.94 bits per heavy atom. The van der Waals surface area contributed by atoms with Crippen LogP contribution in [0.4, 0.5) is 5.69 Å². The standard InChI is InChI=1S/C12H17N3O/c1-12(2,13-3)7-14-9-4-5-10-11(6-9)16-8-15-10/h4-6,8,13-14H,7H2,1-3H3. The fourth-order valence-electron chi connectivity index (χ4n) is 1.38. The first-order valence-corrected chi connectivity index (χ1v) is 5.37. The Kier molecular flexibility index (Phi) is 2.83. The van der Waals surface area contributed by atoms with Crippen molar-refractivity contribution in [2.45, 2.75) is 19.4 Å². The van der Waals surface area contributed by atoms with E-state index in [0.717, 1.165) is 23.3 Å². The molecule has 0 amide bonds. The van der Waals surface area contributed by atoms with Crippen LogP contribution >= 0.6 is 0 Å². The Bertz CT molecular complexity index is 476. The van der Waals surface area contributed by atoms with Crippen LogP contribution in [0.5, 0.6) is 0 Å². The van der Waals surface area contributed by atoms with Gasteiger partial charge >= 0.3 is 0 Å². The zero-order valence-electron chi connectivity index (χ0n) is 9.87. The predicted octanol–water partition coefficient (Wildman–Crippen LogP) is 2.24. The maximum absolute atomic E-state index is 5.25. The number of oxazole rings is 1. The van der Waals surface area contributed by atoms with E-state index < -0.39 is 0 Å². The Hall–Kier alpha value is -1.55. The smallest absolute Gasteiger partial charge is 0.181 e. The van der Waals surface area contributed by atoms with Crippen molar-refractivity contribution in [3.05, 3.63) is 24.6 Å². The van der Waals surface area contributed by atoms with Crippen LogP contribution in [-0.2, 0) is 0 Å². The van der Waals surface area contributed by atoms with E-state index in [0.29, 0.717) is 0 Å². The van der Waals surface area contributed by atoms with Gasteiger partial charge in [0.2, 0.25) is 0 Å². The normalized spacial score (nSPS) is 11.9. The highest BCUT2D eigenvalue weighted by Gasteiger charge is 2.13. The van der Waals surface area contributed by atoms with E-state index in [1.165, 1.54) is 6.39 Å². The Morgan fingerprint density at radius 2 is 2.19 bits per heavy atom. The van der Waals surface area contributed by atoms with Crippen molar-refractivity contribution in [1.82, 2.24) is 10.3 Å². The topological polar surface area (TPSA) is 50.1 Å². The summed E-state index contributed by atoms with van der Waals surface area (Å²) in [5.41, 5.74) is 2.81. The lowest BCUT2D eigenvalue weighted by atomic mass is 10.1. The molecule has 0 aliphatic heterocycles. The molecule has 0 saturated heterocycles. The summed E-state index contributed by atoms with van der Waals surface area (Å²) in [4.78, 5) is 4.08. The summed E-state index contributed by atoms with van der Waals surface area (Å²) < 4.78 is 5.25. The van der Waals surface area contributed by atoms with Gasteiger partial charge in [-0.05, 0) is 33.0 Å². The number of anilines is 1. The van der Waals surface area contributed by atoms with E-state index >= 15 is 0 Å². The number of rotatable bonds is 4. The number of nitrogens with zero attached hydrogens (tertiary/aromatic N) is 1. The zero-order valence-corrected chi connectivity index (χ0v) is 9.87. The molecular formula is C12H17N3O. The van der Waals surface area contributed by atoms with Gasteiger partial charge < -0.3 is 15.1 Å². The monoisotopic (exact) mass is 219 g/mol. The molecule has 2 N–H and O–H groups in total. The first-order valence-electron chi connectivity index (χ1n) is 5.37. The summed E-state index contributed by atoms with van der Waals surface area (Å²) in [6.07, 6.45) is 1.46. The first-order chi connectivity index (χ1) is 7.61. The number of nitrogens with one attached hydrogen (secondary N) is 2. The van der Waals surface area contributed by atoms with E-state index in [9.17, 15) is 0 Å². The van der Waals surface area contributed by atoms with Crippen molar-refractivity contribution in [3.63, 3.8) is 0 Å². The number of aromatic nitrogens is 1. The van der Waals surface area contributed by atoms with Gasteiger partial charge in [0, 0.05) is 23.8 Å². The summed E-state index contributed by atoms with van der Waals surface area (Å²) in [6.45, 7) is 5.14. The number of benzene rings is 1. The van der Waals surface area contributed by atoms with E-state index in [-0.39, 0.29) is 5.54 Å². The average Bonchev–Trinajstić information content (AvgIpc) is 2.73. The highest BCUT2D eigenvalue weighted by molar-refractivity contribution is 5.76. The van der Waals surface area contributed by atoms with Crippen LogP contribution in [0.25, 0.3) is 11.1 Å². The maximum atomic E-state index is 5.25. The molecule has 0 fully saturated rings. The molecule has 1 aromatic heterocycles. The number of fused-ring (bicyclic) bond motifs is 1. The Balaban J connectivity index is 2.09. The van der Waals surface area contributed by atoms with Gasteiger partial charge in [0.25, 0.3) is 0 Å². The molecular weight excluding hydrogens is 202 g/mol. The highest BCUT2D eigenvalue weighted by atomic mass is 16.3. The maximum Gasteiger partial charge on any atom is 0.181 e. The molecule has 4 heteroatoms. The lowest BCUT2D eigenvalue weighted by Gasteiger charge is -2.24. The van der Waals surface area contributed by atoms with Crippen LogP contribution in [0.3, 0.4) is 0 Å². The van der Waals surface area contributed by atoms with Crippen LogP contribution in [-0.4, -0.2) is 24.1 Å². The molecule has 86 valence electrons. The SMILES string of the molecule is CNC(C)(C)CNc1ccc2ncoc2c1. The van der Waals surface area contributed by atoms with Crippen LogP contribution in [0.1, 0.15) is 13.8 Å². The van der Waals surface area contributed by atoms with Gasteiger partial charge in [-0.15, -0.1) is 0 Å². The minimum absolute atomic E-state index is 0.0658. The molecule has 1 heterocycles. The molecule has 2 aromatic rings. The minimum Gasteiger partial charge on any atom is -0.443 e. The molecule has 2 rings (SSSR count). The fraction of sp³-hybridized carbons (Fsp3) is 0.417. The van der Waals surface area contributed by atoms with Crippen molar-refractivity contribution in [2.24, 2.45) is 0 Å². The van der Waals surface area contributed by atoms with Crippen LogP contribution in [0.2, 0.25) is 0 Å². The minimum atomic E-state index is 0.0658. The van der Waals surface area contributed by atoms with Crippen molar-refractivity contribution in [2.75, 3.05) is 18.9 Å². The fourth-order valence-corrected chi connectivity index (χ4v) is 1.38. The summed E-state index contributed by atoms with van der Waals surface area (Å²) in [5, 5.41) is 6.61. The van der Waals surface area contributed by atoms with E-state index in [2.05, 4.69) is 29.5 Å². The van der Waals surface area contributed by atoms with Crippen molar-refractivity contribution < 1.29 is 4.42 Å². The molecule has 0 aliphatic carbocycles. The van der Waals surface area contributed by atoms with Gasteiger partial charge in [-0.25, -0.2) is 4.98 Å². The van der Waals surface area contributed by atoms with Gasteiger partial charge in [-0.1, -0.05) is 0 Å². The van der Waals surface area contributed by atoms with Crippen molar-refractivity contribution in [3.8, 4) is 0 Å². The molecule has 4 nitrogen and oxygen atoms in total. The predicted molar refractivity (Wildman–Crippen MR) is 65.6 cm³/mol. The Morgan fingerprint density at radius 1 is 1.38 bits per heavy atom. The second kappa shape index (κ2) is 4.14. The molecule has 0 saturated carbocycles. The van der Waals surface area contributed by atoms with Gasteiger partial charge in [-0.2, -0.15) is 0 Å². The van der Waals surface area contributed by atoms with E-state index in [1.807, 2.05) is 25.2 Å². The van der Waals surface area contributed by atoms with Gasteiger partial charge in [0.15, 0.2) is 12.0 Å². The van der Waals surface area contributed by atoms with E-state index in [4.69, 9.17) is 4.42 Å². The van der Waals surface area contributed by atoms with Gasteiger partial charge in [0.05, 0.1) is 0 Å². The third kappa shape index (κ3) is 2.33. The van der Waals surface area contributed by atoms with E-state index in [1.54, 1.807) is 0 Å². The molecule has 1 aromatic carbocycles.